The molecule has 0 aliphatic heterocycles. The van der Waals surface area contributed by atoms with Crippen molar-refractivity contribution in [2.24, 2.45) is 4.99 Å². The Labute approximate surface area is 136 Å². The minimum atomic E-state index is -4.51. The number of hydrogen-bond donors (Lipinski definition) is 0. The third-order valence-electron chi connectivity index (χ3n) is 3.06. The van der Waals surface area contributed by atoms with Gasteiger partial charge in [0.1, 0.15) is 6.23 Å². The van der Waals surface area contributed by atoms with Crippen molar-refractivity contribution in [1.29, 1.82) is 0 Å². The van der Waals surface area contributed by atoms with Crippen molar-refractivity contribution in [3.8, 4) is 0 Å². The molecule has 0 aliphatic carbocycles. The Balaban J connectivity index is 2.03. The molecular weight excluding hydrogens is 331 g/mol. The van der Waals surface area contributed by atoms with Gasteiger partial charge in [-0.25, -0.2) is 4.98 Å². The Kier molecular flexibility index (Phi) is 5.79. The average Bonchev–Trinajstić information content (AvgIpc) is 3.01. The topological polar surface area (TPSA) is 39.4 Å². The Bertz CT molecular complexity index is 656. The van der Waals surface area contributed by atoms with E-state index < -0.39 is 11.7 Å². The molecule has 2 aromatic rings. The third kappa shape index (κ3) is 4.80. The molecule has 1 heterocycles. The second kappa shape index (κ2) is 7.61. The first-order chi connectivity index (χ1) is 10.9. The molecule has 1 unspecified atom stereocenters. The normalized spacial score (nSPS) is 13.6. The van der Waals surface area contributed by atoms with E-state index in [-0.39, 0.29) is 23.5 Å². The molecule has 23 heavy (non-hydrogen) atoms. The standard InChI is InChI=1S/C15H15ClF3N3O/c1-2-14(22-7-5-20-10-22)23-8-6-21-13-4-3-11(16)9-12(13)15(17,18)19/h3-7,9-10,14H,2,8H2,1H3. The summed E-state index contributed by atoms with van der Waals surface area (Å²) in [6.45, 7) is 2.01. The number of aromatic nitrogens is 2. The summed E-state index contributed by atoms with van der Waals surface area (Å²) in [5.41, 5.74) is -1.07. The van der Waals surface area contributed by atoms with Gasteiger partial charge in [-0.05, 0) is 24.6 Å². The number of halogens is 4. The molecule has 0 N–H and O–H groups in total. The van der Waals surface area contributed by atoms with Crippen LogP contribution in [0.25, 0.3) is 0 Å². The predicted molar refractivity (Wildman–Crippen MR) is 82.1 cm³/mol. The molecular formula is C15H15ClF3N3O. The van der Waals surface area contributed by atoms with Gasteiger partial charge in [-0.2, -0.15) is 13.2 Å². The molecule has 1 aromatic heterocycles. The van der Waals surface area contributed by atoms with Crippen LogP contribution in [0.4, 0.5) is 18.9 Å². The van der Waals surface area contributed by atoms with Gasteiger partial charge in [0.05, 0.1) is 24.2 Å². The second-order valence-electron chi connectivity index (χ2n) is 4.68. The number of ether oxygens (including phenoxy) is 1. The summed E-state index contributed by atoms with van der Waals surface area (Å²) in [6.07, 6.45) is 2.25. The maximum absolute atomic E-state index is 12.9. The van der Waals surface area contributed by atoms with Crippen LogP contribution in [-0.4, -0.2) is 22.4 Å². The first kappa shape index (κ1) is 17.5. The van der Waals surface area contributed by atoms with E-state index in [4.69, 9.17) is 16.3 Å². The number of rotatable bonds is 6. The van der Waals surface area contributed by atoms with Gasteiger partial charge in [0.25, 0.3) is 0 Å². The van der Waals surface area contributed by atoms with E-state index in [1.807, 2.05) is 6.92 Å². The highest BCUT2D eigenvalue weighted by molar-refractivity contribution is 6.30. The predicted octanol–water partition coefficient (Wildman–Crippen LogP) is 4.88. The molecule has 4 nitrogen and oxygen atoms in total. The number of hydrogen-bond acceptors (Lipinski definition) is 3. The van der Waals surface area contributed by atoms with E-state index in [0.29, 0.717) is 6.42 Å². The zero-order valence-corrected chi connectivity index (χ0v) is 13.1. The minimum Gasteiger partial charge on any atom is -0.352 e. The fraction of sp³-hybridized carbons (Fsp3) is 0.333. The molecule has 124 valence electrons. The number of aliphatic imine (C=N–C) groups is 1. The maximum atomic E-state index is 12.9. The monoisotopic (exact) mass is 345 g/mol. The van der Waals surface area contributed by atoms with E-state index in [9.17, 15) is 13.2 Å². The SMILES string of the molecule is CCC(OCC=Nc1ccc(Cl)cc1C(F)(F)F)n1ccnc1. The quantitative estimate of drug-likeness (QED) is 0.700. The first-order valence-corrected chi connectivity index (χ1v) is 7.28. The van der Waals surface area contributed by atoms with Gasteiger partial charge < -0.3 is 9.30 Å². The van der Waals surface area contributed by atoms with Crippen molar-refractivity contribution in [3.63, 3.8) is 0 Å². The van der Waals surface area contributed by atoms with Crippen molar-refractivity contribution >= 4 is 23.5 Å². The second-order valence-corrected chi connectivity index (χ2v) is 5.11. The lowest BCUT2D eigenvalue weighted by Crippen LogP contribution is -2.11. The molecule has 1 aromatic carbocycles. The zero-order chi connectivity index (χ0) is 16.9. The van der Waals surface area contributed by atoms with Crippen molar-refractivity contribution in [3.05, 3.63) is 47.5 Å². The molecule has 0 saturated heterocycles. The Morgan fingerprint density at radius 3 is 2.83 bits per heavy atom. The van der Waals surface area contributed by atoms with Crippen LogP contribution < -0.4 is 0 Å². The fourth-order valence-corrected chi connectivity index (χ4v) is 2.16. The lowest BCUT2D eigenvalue weighted by atomic mass is 10.2. The molecule has 0 saturated carbocycles. The van der Waals surface area contributed by atoms with Crippen LogP contribution in [0.2, 0.25) is 5.02 Å². The van der Waals surface area contributed by atoms with Crippen molar-refractivity contribution < 1.29 is 17.9 Å². The lowest BCUT2D eigenvalue weighted by molar-refractivity contribution is -0.137. The van der Waals surface area contributed by atoms with Crippen molar-refractivity contribution in [1.82, 2.24) is 9.55 Å². The zero-order valence-electron chi connectivity index (χ0n) is 12.3. The Hall–Kier alpha value is -1.86. The van der Waals surface area contributed by atoms with E-state index in [2.05, 4.69) is 9.98 Å². The summed E-state index contributed by atoms with van der Waals surface area (Å²) >= 11 is 5.62. The van der Waals surface area contributed by atoms with Crippen LogP contribution in [0.3, 0.4) is 0 Å². The highest BCUT2D eigenvalue weighted by Gasteiger charge is 2.33. The van der Waals surface area contributed by atoms with Crippen molar-refractivity contribution in [2.45, 2.75) is 25.7 Å². The van der Waals surface area contributed by atoms with Crippen LogP contribution in [-0.2, 0) is 10.9 Å². The highest BCUT2D eigenvalue weighted by Crippen LogP contribution is 2.37. The number of imidazole rings is 1. The fourth-order valence-electron chi connectivity index (χ4n) is 1.99. The van der Waals surface area contributed by atoms with Crippen LogP contribution in [0.1, 0.15) is 25.1 Å². The van der Waals surface area contributed by atoms with E-state index in [1.54, 1.807) is 23.3 Å². The summed E-state index contributed by atoms with van der Waals surface area (Å²) < 4.78 is 46.1. The van der Waals surface area contributed by atoms with Crippen molar-refractivity contribution in [2.75, 3.05) is 6.61 Å². The molecule has 0 fully saturated rings. The molecule has 0 aliphatic rings. The number of alkyl halides is 3. The summed E-state index contributed by atoms with van der Waals surface area (Å²) in [7, 11) is 0. The number of benzene rings is 1. The summed E-state index contributed by atoms with van der Waals surface area (Å²) in [5.74, 6) is 0. The smallest absolute Gasteiger partial charge is 0.352 e. The molecule has 2 rings (SSSR count). The van der Waals surface area contributed by atoms with Crippen LogP contribution in [0.15, 0.2) is 41.9 Å². The molecule has 0 radical (unpaired) electrons. The molecule has 8 heteroatoms. The van der Waals surface area contributed by atoms with Gasteiger partial charge in [-0.1, -0.05) is 18.5 Å². The summed E-state index contributed by atoms with van der Waals surface area (Å²) in [5, 5.41) is 0.0127. The summed E-state index contributed by atoms with van der Waals surface area (Å²) in [4.78, 5) is 7.77. The highest BCUT2D eigenvalue weighted by atomic mass is 35.5. The molecule has 0 spiro atoms. The van der Waals surface area contributed by atoms with Gasteiger partial charge >= 0.3 is 6.18 Å². The third-order valence-corrected chi connectivity index (χ3v) is 3.30. The molecule has 1 atom stereocenters. The van der Waals surface area contributed by atoms with E-state index in [1.165, 1.54) is 18.3 Å². The van der Waals surface area contributed by atoms with E-state index >= 15 is 0 Å². The van der Waals surface area contributed by atoms with Crippen LogP contribution >= 0.6 is 11.6 Å². The number of nitrogens with zero attached hydrogens (tertiary/aromatic N) is 3. The van der Waals surface area contributed by atoms with Crippen LogP contribution in [0, 0.1) is 0 Å². The average molecular weight is 346 g/mol. The van der Waals surface area contributed by atoms with Gasteiger partial charge in [0.2, 0.25) is 0 Å². The van der Waals surface area contributed by atoms with Gasteiger partial charge in [0.15, 0.2) is 0 Å². The Morgan fingerprint density at radius 1 is 1.43 bits per heavy atom. The van der Waals surface area contributed by atoms with Crippen LogP contribution in [0.5, 0.6) is 0 Å². The maximum Gasteiger partial charge on any atom is 0.418 e. The van der Waals surface area contributed by atoms with Gasteiger partial charge in [-0.3, -0.25) is 4.99 Å². The van der Waals surface area contributed by atoms with Gasteiger partial charge in [-0.15, -0.1) is 0 Å². The first-order valence-electron chi connectivity index (χ1n) is 6.90. The minimum absolute atomic E-state index is 0.0127. The van der Waals surface area contributed by atoms with E-state index in [0.717, 1.165) is 6.07 Å². The molecule has 0 bridgehead atoms. The summed E-state index contributed by atoms with van der Waals surface area (Å²) in [6, 6.07) is 3.45. The largest absolute Gasteiger partial charge is 0.418 e. The Morgan fingerprint density at radius 2 is 2.22 bits per heavy atom. The van der Waals surface area contributed by atoms with Gasteiger partial charge in [0, 0.05) is 23.6 Å². The lowest BCUT2D eigenvalue weighted by Gasteiger charge is -2.16. The molecule has 0 amide bonds.